The van der Waals surface area contributed by atoms with Gasteiger partial charge in [-0.1, -0.05) is 13.3 Å². The molecule has 0 unspecified atom stereocenters. The molecule has 16 heavy (non-hydrogen) atoms. The van der Waals surface area contributed by atoms with Gasteiger partial charge in [-0.25, -0.2) is 0 Å². The molecule has 0 aliphatic rings. The molecule has 0 aromatic carbocycles. The van der Waals surface area contributed by atoms with Crippen LogP contribution in [0, 0.1) is 0 Å². The summed E-state index contributed by atoms with van der Waals surface area (Å²) in [5, 5.41) is 0. The van der Waals surface area contributed by atoms with Crippen LogP contribution >= 0.6 is 0 Å². The lowest BCUT2D eigenvalue weighted by Gasteiger charge is -2.34. The summed E-state index contributed by atoms with van der Waals surface area (Å²) in [4.78, 5) is 0. The van der Waals surface area contributed by atoms with Crippen LogP contribution in [0.2, 0.25) is 0 Å². The molecule has 0 heterocycles. The van der Waals surface area contributed by atoms with Crippen LogP contribution in [0.15, 0.2) is 0 Å². The minimum absolute atomic E-state index is 0.234. The molecule has 0 aromatic rings. The lowest BCUT2D eigenvalue weighted by atomic mass is 10.1. The third-order valence-electron chi connectivity index (χ3n) is 2.41. The third kappa shape index (κ3) is 6.43. The summed E-state index contributed by atoms with van der Waals surface area (Å²) in [7, 11) is 0. The van der Waals surface area contributed by atoms with Crippen LogP contribution in [0.5, 0.6) is 0 Å². The maximum absolute atomic E-state index is 5.86. The average molecular weight is 232 g/mol. The Kier molecular flexibility index (Phi) is 6.48. The van der Waals surface area contributed by atoms with Crippen LogP contribution in [0.3, 0.4) is 0 Å². The quantitative estimate of drug-likeness (QED) is 0.624. The van der Waals surface area contributed by atoms with Gasteiger partial charge in [0.1, 0.15) is 0 Å². The highest BCUT2D eigenvalue weighted by atomic mass is 16.7. The molecule has 0 aromatic heterocycles. The number of hydrogen-bond acceptors (Lipinski definition) is 4. The first-order valence-electron chi connectivity index (χ1n) is 6.02. The van der Waals surface area contributed by atoms with Gasteiger partial charge in [-0.05, 0) is 34.1 Å². The summed E-state index contributed by atoms with van der Waals surface area (Å²) in [5.41, 5.74) is 10.6. The van der Waals surface area contributed by atoms with Crippen LogP contribution < -0.4 is 11.5 Å². The molecule has 0 rings (SSSR count). The second-order valence-corrected chi connectivity index (χ2v) is 5.38. The van der Waals surface area contributed by atoms with Crippen molar-refractivity contribution in [3.63, 3.8) is 0 Å². The van der Waals surface area contributed by atoms with Crippen molar-refractivity contribution in [1.29, 1.82) is 0 Å². The van der Waals surface area contributed by atoms with E-state index in [1.54, 1.807) is 0 Å². The fraction of sp³-hybridized carbons (Fsp3) is 1.00. The van der Waals surface area contributed by atoms with E-state index in [1.165, 1.54) is 0 Å². The van der Waals surface area contributed by atoms with Gasteiger partial charge in [0.05, 0.1) is 11.2 Å². The molecule has 0 spiro atoms. The Morgan fingerprint density at radius 3 is 1.56 bits per heavy atom. The Labute approximate surface area is 99.7 Å². The van der Waals surface area contributed by atoms with Crippen LogP contribution in [-0.2, 0) is 9.47 Å². The molecule has 4 N–H and O–H groups in total. The minimum atomic E-state index is -0.357. The first-order chi connectivity index (χ1) is 7.26. The fourth-order valence-electron chi connectivity index (χ4n) is 1.19. The van der Waals surface area contributed by atoms with Gasteiger partial charge >= 0.3 is 0 Å². The zero-order valence-electron chi connectivity index (χ0n) is 11.4. The first kappa shape index (κ1) is 15.8. The smallest absolute Gasteiger partial charge is 0.159 e. The highest BCUT2D eigenvalue weighted by Gasteiger charge is 2.27. The summed E-state index contributed by atoms with van der Waals surface area (Å²) < 4.78 is 11.7. The molecule has 0 radical (unpaired) electrons. The topological polar surface area (TPSA) is 70.5 Å². The van der Waals surface area contributed by atoms with Gasteiger partial charge in [0.15, 0.2) is 6.29 Å². The van der Waals surface area contributed by atoms with Gasteiger partial charge in [-0.15, -0.1) is 0 Å². The Hall–Kier alpha value is -0.160. The van der Waals surface area contributed by atoms with Gasteiger partial charge < -0.3 is 20.9 Å². The van der Waals surface area contributed by atoms with E-state index < -0.39 is 0 Å². The van der Waals surface area contributed by atoms with Crippen molar-refractivity contribution in [3.05, 3.63) is 0 Å². The molecule has 4 heteroatoms. The number of ether oxygens (including phenoxy) is 2. The maximum Gasteiger partial charge on any atom is 0.159 e. The highest BCUT2D eigenvalue weighted by Crippen LogP contribution is 2.20. The Bertz CT molecular complexity index is 175. The maximum atomic E-state index is 5.86. The number of hydrogen-bond donors (Lipinski definition) is 2. The number of nitrogens with two attached hydrogens (primary N) is 2. The number of rotatable bonds is 8. The van der Waals surface area contributed by atoms with Gasteiger partial charge in [0.2, 0.25) is 0 Å². The summed E-state index contributed by atoms with van der Waals surface area (Å²) in [6.07, 6.45) is 1.63. The van der Waals surface area contributed by atoms with E-state index in [4.69, 9.17) is 20.9 Å². The van der Waals surface area contributed by atoms with E-state index in [0.29, 0.717) is 13.1 Å². The van der Waals surface area contributed by atoms with Crippen LogP contribution in [0.1, 0.15) is 47.5 Å². The van der Waals surface area contributed by atoms with E-state index in [0.717, 1.165) is 12.8 Å². The van der Waals surface area contributed by atoms with Crippen molar-refractivity contribution in [2.45, 2.75) is 65.0 Å². The zero-order chi connectivity index (χ0) is 12.8. The van der Waals surface area contributed by atoms with Crippen molar-refractivity contribution >= 4 is 0 Å². The van der Waals surface area contributed by atoms with Gasteiger partial charge in [-0.3, -0.25) is 0 Å². The molecule has 0 aliphatic carbocycles. The summed E-state index contributed by atoms with van der Waals surface area (Å²) >= 11 is 0. The predicted octanol–water partition coefficient (Wildman–Crippen LogP) is 1.62. The zero-order valence-corrected chi connectivity index (χ0v) is 11.4. The van der Waals surface area contributed by atoms with E-state index >= 15 is 0 Å². The second-order valence-electron chi connectivity index (χ2n) is 5.38. The third-order valence-corrected chi connectivity index (χ3v) is 2.41. The Morgan fingerprint density at radius 1 is 0.938 bits per heavy atom. The molecule has 0 saturated carbocycles. The van der Waals surface area contributed by atoms with E-state index in [-0.39, 0.29) is 17.5 Å². The fourth-order valence-corrected chi connectivity index (χ4v) is 1.19. The monoisotopic (exact) mass is 232 g/mol. The summed E-state index contributed by atoms with van der Waals surface area (Å²) in [6, 6.07) is 0. The van der Waals surface area contributed by atoms with Gasteiger partial charge in [-0.2, -0.15) is 0 Å². The molecule has 0 amide bonds. The average Bonchev–Trinajstić information content (AvgIpc) is 2.17. The van der Waals surface area contributed by atoms with Crippen molar-refractivity contribution in [1.82, 2.24) is 0 Å². The Morgan fingerprint density at radius 2 is 1.31 bits per heavy atom. The second kappa shape index (κ2) is 6.55. The van der Waals surface area contributed by atoms with Gasteiger partial charge in [0.25, 0.3) is 0 Å². The largest absolute Gasteiger partial charge is 0.345 e. The Balaban J connectivity index is 4.38. The SMILES string of the molecule is CCCC(OC(C)(C)CN)OC(C)(C)CN. The summed E-state index contributed by atoms with van der Waals surface area (Å²) in [6.45, 7) is 10.9. The van der Waals surface area contributed by atoms with Crippen LogP contribution in [-0.4, -0.2) is 30.6 Å². The molecule has 0 saturated heterocycles. The van der Waals surface area contributed by atoms with Crippen molar-refractivity contribution in [2.75, 3.05) is 13.1 Å². The molecular weight excluding hydrogens is 204 g/mol. The highest BCUT2D eigenvalue weighted by molar-refractivity contribution is 4.73. The van der Waals surface area contributed by atoms with Crippen LogP contribution in [0.25, 0.3) is 0 Å². The standard InChI is InChI=1S/C12H28N2O2/c1-6-7-10(15-11(2,3)8-13)16-12(4,5)9-14/h10H,6-9,13-14H2,1-5H3. The molecule has 0 fully saturated rings. The minimum Gasteiger partial charge on any atom is -0.345 e. The molecule has 0 aliphatic heterocycles. The van der Waals surface area contributed by atoms with Crippen molar-refractivity contribution < 1.29 is 9.47 Å². The first-order valence-corrected chi connectivity index (χ1v) is 6.02. The van der Waals surface area contributed by atoms with Crippen molar-refractivity contribution in [2.24, 2.45) is 11.5 Å². The molecule has 0 atom stereocenters. The molecule has 0 bridgehead atoms. The van der Waals surface area contributed by atoms with E-state index in [2.05, 4.69) is 6.92 Å². The van der Waals surface area contributed by atoms with Crippen molar-refractivity contribution in [3.8, 4) is 0 Å². The predicted molar refractivity (Wildman–Crippen MR) is 67.1 cm³/mol. The van der Waals surface area contributed by atoms with Crippen LogP contribution in [0.4, 0.5) is 0 Å². The van der Waals surface area contributed by atoms with E-state index in [1.807, 2.05) is 27.7 Å². The lowest BCUT2D eigenvalue weighted by Crippen LogP contribution is -2.44. The normalized spacial score (nSPS) is 13.5. The lowest BCUT2D eigenvalue weighted by molar-refractivity contribution is -0.239. The molecular formula is C12H28N2O2. The molecule has 4 nitrogen and oxygen atoms in total. The van der Waals surface area contributed by atoms with Gasteiger partial charge in [0, 0.05) is 13.1 Å². The summed E-state index contributed by atoms with van der Waals surface area (Å²) in [5.74, 6) is 0. The van der Waals surface area contributed by atoms with E-state index in [9.17, 15) is 0 Å². The molecule has 98 valence electrons.